The predicted molar refractivity (Wildman–Crippen MR) is 62.4 cm³/mol. The summed E-state index contributed by atoms with van der Waals surface area (Å²) < 4.78 is 0. The van der Waals surface area contributed by atoms with Crippen LogP contribution in [0.15, 0.2) is 18.2 Å². The standard InChI is InChI=1S/C11H14Cl2O2/c12-10-3-1-2-9(11(10)13)5-4-8(6-14)7-15/h1-3,8,14-15H,4-7H2. The lowest BCUT2D eigenvalue weighted by Gasteiger charge is -2.11. The van der Waals surface area contributed by atoms with Crippen molar-refractivity contribution in [2.45, 2.75) is 12.8 Å². The van der Waals surface area contributed by atoms with E-state index in [4.69, 9.17) is 33.4 Å². The summed E-state index contributed by atoms with van der Waals surface area (Å²) in [4.78, 5) is 0. The molecule has 0 unspecified atom stereocenters. The molecule has 1 rings (SSSR count). The maximum atomic E-state index is 8.91. The molecule has 4 heteroatoms. The van der Waals surface area contributed by atoms with Crippen LogP contribution in [-0.2, 0) is 6.42 Å². The third kappa shape index (κ3) is 3.65. The molecule has 0 amide bonds. The van der Waals surface area contributed by atoms with Gasteiger partial charge in [0.15, 0.2) is 0 Å². The minimum atomic E-state index is -0.0833. The number of aliphatic hydroxyl groups is 2. The summed E-state index contributed by atoms with van der Waals surface area (Å²) >= 11 is 11.9. The highest BCUT2D eigenvalue weighted by Gasteiger charge is 2.09. The minimum absolute atomic E-state index is 0.00527. The molecule has 0 saturated heterocycles. The molecule has 2 nitrogen and oxygen atoms in total. The third-order valence-corrected chi connectivity index (χ3v) is 3.23. The topological polar surface area (TPSA) is 40.5 Å². The Kier molecular flexibility index (Phi) is 5.40. The quantitative estimate of drug-likeness (QED) is 0.841. The Balaban J connectivity index is 2.61. The van der Waals surface area contributed by atoms with Crippen molar-refractivity contribution in [3.05, 3.63) is 33.8 Å². The zero-order chi connectivity index (χ0) is 11.3. The van der Waals surface area contributed by atoms with Crippen molar-refractivity contribution in [1.82, 2.24) is 0 Å². The zero-order valence-corrected chi connectivity index (χ0v) is 9.80. The van der Waals surface area contributed by atoms with E-state index in [1.165, 1.54) is 0 Å². The first-order valence-electron chi connectivity index (χ1n) is 4.83. The first-order chi connectivity index (χ1) is 7.19. The molecule has 0 aromatic heterocycles. The van der Waals surface area contributed by atoms with Gasteiger partial charge in [-0.2, -0.15) is 0 Å². The summed E-state index contributed by atoms with van der Waals surface area (Å²) in [5.74, 6) is -0.0833. The van der Waals surface area contributed by atoms with Crippen LogP contribution in [-0.4, -0.2) is 23.4 Å². The van der Waals surface area contributed by atoms with E-state index in [1.54, 1.807) is 6.07 Å². The van der Waals surface area contributed by atoms with E-state index in [2.05, 4.69) is 0 Å². The first kappa shape index (κ1) is 12.8. The van der Waals surface area contributed by atoms with Gasteiger partial charge in [-0.1, -0.05) is 35.3 Å². The SMILES string of the molecule is OCC(CO)CCc1cccc(Cl)c1Cl. The van der Waals surface area contributed by atoms with Crippen LogP contribution in [0.5, 0.6) is 0 Å². The van der Waals surface area contributed by atoms with Crippen molar-refractivity contribution in [3.8, 4) is 0 Å². The number of rotatable bonds is 5. The van der Waals surface area contributed by atoms with Crippen LogP contribution in [0.3, 0.4) is 0 Å². The van der Waals surface area contributed by atoms with E-state index in [0.29, 0.717) is 22.9 Å². The summed E-state index contributed by atoms with van der Waals surface area (Å²) in [5.41, 5.74) is 0.955. The van der Waals surface area contributed by atoms with Crippen LogP contribution in [0.2, 0.25) is 10.0 Å². The van der Waals surface area contributed by atoms with E-state index < -0.39 is 0 Å². The highest BCUT2D eigenvalue weighted by molar-refractivity contribution is 6.42. The number of halogens is 2. The smallest absolute Gasteiger partial charge is 0.0624 e. The molecule has 0 spiro atoms. The summed E-state index contributed by atoms with van der Waals surface area (Å²) in [7, 11) is 0. The van der Waals surface area contributed by atoms with Crippen molar-refractivity contribution in [2.75, 3.05) is 13.2 Å². The average Bonchev–Trinajstić information content (AvgIpc) is 2.25. The third-order valence-electron chi connectivity index (χ3n) is 2.37. The van der Waals surface area contributed by atoms with Gasteiger partial charge in [0.25, 0.3) is 0 Å². The maximum absolute atomic E-state index is 8.91. The Hall–Kier alpha value is -0.280. The maximum Gasteiger partial charge on any atom is 0.0624 e. The molecule has 0 radical (unpaired) electrons. The number of hydrogen-bond donors (Lipinski definition) is 2. The molecular weight excluding hydrogens is 235 g/mol. The van der Waals surface area contributed by atoms with Crippen LogP contribution >= 0.6 is 23.2 Å². The summed E-state index contributed by atoms with van der Waals surface area (Å²) in [6.45, 7) is -0.0105. The molecule has 0 aliphatic heterocycles. The lowest BCUT2D eigenvalue weighted by Crippen LogP contribution is -2.11. The van der Waals surface area contributed by atoms with Crippen LogP contribution in [0.25, 0.3) is 0 Å². The van der Waals surface area contributed by atoms with Crippen molar-refractivity contribution < 1.29 is 10.2 Å². The molecule has 84 valence electrons. The van der Waals surface area contributed by atoms with E-state index in [-0.39, 0.29) is 19.1 Å². The normalized spacial score (nSPS) is 11.0. The number of hydrogen-bond acceptors (Lipinski definition) is 2. The number of aryl methyl sites for hydroxylation is 1. The Morgan fingerprint density at radius 1 is 1.13 bits per heavy atom. The van der Waals surface area contributed by atoms with Gasteiger partial charge in [-0.25, -0.2) is 0 Å². The van der Waals surface area contributed by atoms with Crippen molar-refractivity contribution in [2.24, 2.45) is 5.92 Å². The van der Waals surface area contributed by atoms with Crippen LogP contribution in [0.4, 0.5) is 0 Å². The van der Waals surface area contributed by atoms with Gasteiger partial charge in [0.05, 0.1) is 10.0 Å². The number of aliphatic hydroxyl groups excluding tert-OH is 2. The fraction of sp³-hybridized carbons (Fsp3) is 0.455. The molecule has 0 atom stereocenters. The second kappa shape index (κ2) is 6.33. The Morgan fingerprint density at radius 3 is 2.40 bits per heavy atom. The molecule has 0 saturated carbocycles. The molecule has 0 heterocycles. The summed E-state index contributed by atoms with van der Waals surface area (Å²) in [6, 6.07) is 5.49. The fourth-order valence-electron chi connectivity index (χ4n) is 1.34. The van der Waals surface area contributed by atoms with Gasteiger partial charge in [-0.15, -0.1) is 0 Å². The van der Waals surface area contributed by atoms with Gasteiger partial charge in [-0.3, -0.25) is 0 Å². The fourth-order valence-corrected chi connectivity index (χ4v) is 1.76. The van der Waals surface area contributed by atoms with E-state index in [0.717, 1.165) is 5.56 Å². The molecule has 0 fully saturated rings. The molecule has 1 aromatic carbocycles. The van der Waals surface area contributed by atoms with Crippen LogP contribution in [0, 0.1) is 5.92 Å². The molecular formula is C11H14Cl2O2. The Labute approximate surface area is 99.5 Å². The highest BCUT2D eigenvalue weighted by atomic mass is 35.5. The van der Waals surface area contributed by atoms with E-state index in [1.807, 2.05) is 12.1 Å². The molecule has 0 aliphatic carbocycles. The van der Waals surface area contributed by atoms with Gasteiger partial charge in [-0.05, 0) is 24.5 Å². The van der Waals surface area contributed by atoms with E-state index >= 15 is 0 Å². The second-order valence-electron chi connectivity index (χ2n) is 3.48. The molecule has 2 N–H and O–H groups in total. The molecule has 0 bridgehead atoms. The summed E-state index contributed by atoms with van der Waals surface area (Å²) in [6.07, 6.45) is 1.41. The second-order valence-corrected chi connectivity index (χ2v) is 4.27. The molecule has 0 aliphatic rings. The average molecular weight is 249 g/mol. The summed E-state index contributed by atoms with van der Waals surface area (Å²) in [5, 5.41) is 18.9. The van der Waals surface area contributed by atoms with Crippen LogP contribution < -0.4 is 0 Å². The van der Waals surface area contributed by atoms with Crippen LogP contribution in [0.1, 0.15) is 12.0 Å². The predicted octanol–water partition coefficient (Wildman–Crippen LogP) is 2.53. The van der Waals surface area contributed by atoms with Crippen molar-refractivity contribution in [3.63, 3.8) is 0 Å². The molecule has 15 heavy (non-hydrogen) atoms. The monoisotopic (exact) mass is 248 g/mol. The van der Waals surface area contributed by atoms with Gasteiger partial charge >= 0.3 is 0 Å². The lowest BCUT2D eigenvalue weighted by molar-refractivity contribution is 0.144. The lowest BCUT2D eigenvalue weighted by atomic mass is 10.0. The Bertz CT molecular complexity index is 311. The Morgan fingerprint density at radius 2 is 1.80 bits per heavy atom. The minimum Gasteiger partial charge on any atom is -0.396 e. The zero-order valence-electron chi connectivity index (χ0n) is 8.29. The largest absolute Gasteiger partial charge is 0.396 e. The van der Waals surface area contributed by atoms with Crippen molar-refractivity contribution >= 4 is 23.2 Å². The first-order valence-corrected chi connectivity index (χ1v) is 5.59. The van der Waals surface area contributed by atoms with Crippen molar-refractivity contribution in [1.29, 1.82) is 0 Å². The van der Waals surface area contributed by atoms with Gasteiger partial charge in [0.1, 0.15) is 0 Å². The van der Waals surface area contributed by atoms with Gasteiger partial charge < -0.3 is 10.2 Å². The number of benzene rings is 1. The van der Waals surface area contributed by atoms with Gasteiger partial charge in [0.2, 0.25) is 0 Å². The highest BCUT2D eigenvalue weighted by Crippen LogP contribution is 2.27. The van der Waals surface area contributed by atoms with Gasteiger partial charge in [0, 0.05) is 19.1 Å². The van der Waals surface area contributed by atoms with E-state index in [9.17, 15) is 0 Å². The molecule has 1 aromatic rings.